The Morgan fingerprint density at radius 2 is 2.06 bits per heavy atom. The van der Waals surface area contributed by atoms with Gasteiger partial charge in [0.05, 0.1) is 6.10 Å². The largest absolute Gasteiger partial charge is 0.388 e. The van der Waals surface area contributed by atoms with Crippen LogP contribution >= 0.6 is 38.9 Å². The molecule has 1 atom stereocenters. The van der Waals surface area contributed by atoms with Gasteiger partial charge in [0.2, 0.25) is 0 Å². The molecule has 0 amide bonds. The molecule has 1 N–H and O–H groups in total. The number of thiophene rings is 1. The Hall–Kier alpha value is 0.430. The number of hydrogen-bond acceptors (Lipinski definition) is 2. The third-order valence-electron chi connectivity index (χ3n) is 2.57. The van der Waals surface area contributed by atoms with Gasteiger partial charge in [-0.2, -0.15) is 0 Å². The molecule has 0 saturated carbocycles. The summed E-state index contributed by atoms with van der Waals surface area (Å²) in [6.45, 7) is 2.21. The number of hydrogen-bond donors (Lipinski definition) is 1. The molecule has 0 bridgehead atoms. The maximum absolute atomic E-state index is 9.95. The summed E-state index contributed by atoms with van der Waals surface area (Å²) in [5, 5.41) is 9.95. The second-order valence-corrected chi connectivity index (χ2v) is 6.53. The lowest BCUT2D eigenvalue weighted by molar-refractivity contribution is 0.167. The van der Waals surface area contributed by atoms with Crippen molar-refractivity contribution >= 4 is 38.9 Å². The van der Waals surface area contributed by atoms with E-state index in [0.29, 0.717) is 0 Å². The van der Waals surface area contributed by atoms with Gasteiger partial charge in [0, 0.05) is 9.35 Å². The number of aliphatic hydroxyl groups is 1. The normalized spacial score (nSPS) is 13.0. The average molecular weight is 326 g/mol. The lowest BCUT2D eigenvalue weighted by Crippen LogP contribution is -1.94. The van der Waals surface area contributed by atoms with E-state index in [4.69, 9.17) is 11.6 Å². The van der Waals surface area contributed by atoms with Crippen LogP contribution in [0.15, 0.2) is 10.5 Å². The van der Waals surface area contributed by atoms with E-state index in [9.17, 15) is 5.11 Å². The fourth-order valence-electron chi connectivity index (χ4n) is 1.61. The van der Waals surface area contributed by atoms with E-state index in [1.54, 1.807) is 0 Å². The monoisotopic (exact) mass is 324 g/mol. The van der Waals surface area contributed by atoms with Crippen LogP contribution in [0.3, 0.4) is 0 Å². The average Bonchev–Trinajstić information content (AvgIpc) is 2.59. The minimum Gasteiger partial charge on any atom is -0.388 e. The molecular weight excluding hydrogens is 308 g/mol. The first kappa shape index (κ1) is 14.5. The molecule has 0 fully saturated rings. The molecule has 1 unspecified atom stereocenters. The molecule has 0 aromatic carbocycles. The zero-order valence-corrected chi connectivity index (χ0v) is 12.7. The van der Waals surface area contributed by atoms with Gasteiger partial charge in [0.15, 0.2) is 0 Å². The first-order chi connectivity index (χ1) is 7.65. The molecule has 0 aliphatic rings. The van der Waals surface area contributed by atoms with Gasteiger partial charge in [-0.15, -0.1) is 11.3 Å². The lowest BCUT2D eigenvalue weighted by atomic mass is 10.1. The van der Waals surface area contributed by atoms with E-state index >= 15 is 0 Å². The van der Waals surface area contributed by atoms with E-state index in [0.717, 1.165) is 26.5 Å². The van der Waals surface area contributed by atoms with E-state index in [1.165, 1.54) is 37.0 Å². The number of aliphatic hydroxyl groups excluding tert-OH is 1. The number of rotatable bonds is 7. The van der Waals surface area contributed by atoms with Crippen LogP contribution in [0.5, 0.6) is 0 Å². The maximum atomic E-state index is 9.95. The third-order valence-corrected chi connectivity index (χ3v) is 5.15. The Labute approximate surface area is 115 Å². The summed E-state index contributed by atoms with van der Waals surface area (Å²) in [6.07, 6.45) is 6.63. The van der Waals surface area contributed by atoms with Gasteiger partial charge >= 0.3 is 0 Å². The highest BCUT2D eigenvalue weighted by atomic mass is 79.9. The van der Waals surface area contributed by atoms with Gasteiger partial charge in [0.1, 0.15) is 4.34 Å². The fraction of sp³-hybridized carbons (Fsp3) is 0.667. The van der Waals surface area contributed by atoms with E-state index in [1.807, 2.05) is 6.07 Å². The molecule has 0 radical (unpaired) electrons. The predicted molar refractivity (Wildman–Crippen MR) is 75.4 cm³/mol. The molecule has 92 valence electrons. The van der Waals surface area contributed by atoms with Gasteiger partial charge in [-0.1, -0.05) is 50.6 Å². The van der Waals surface area contributed by atoms with Gasteiger partial charge in [0.25, 0.3) is 0 Å². The first-order valence-electron chi connectivity index (χ1n) is 5.78. The van der Waals surface area contributed by atoms with E-state index in [-0.39, 0.29) is 6.10 Å². The molecule has 1 nitrogen and oxygen atoms in total. The Kier molecular flexibility index (Phi) is 6.97. The van der Waals surface area contributed by atoms with E-state index in [2.05, 4.69) is 22.9 Å². The topological polar surface area (TPSA) is 20.2 Å². The second kappa shape index (κ2) is 7.70. The molecular formula is C12H18BrClOS. The minimum atomic E-state index is -0.351. The van der Waals surface area contributed by atoms with Crippen LogP contribution in [0, 0.1) is 0 Å². The number of halogens is 2. The summed E-state index contributed by atoms with van der Waals surface area (Å²) in [4.78, 5) is 0.965. The summed E-state index contributed by atoms with van der Waals surface area (Å²) < 4.78 is 1.61. The van der Waals surface area contributed by atoms with Crippen LogP contribution in [-0.2, 0) is 0 Å². The molecule has 1 aromatic heterocycles. The summed E-state index contributed by atoms with van der Waals surface area (Å²) in [6, 6.07) is 1.92. The van der Waals surface area contributed by atoms with Gasteiger partial charge in [-0.25, -0.2) is 0 Å². The maximum Gasteiger partial charge on any atom is 0.107 e. The van der Waals surface area contributed by atoms with Crippen molar-refractivity contribution in [3.05, 3.63) is 19.8 Å². The van der Waals surface area contributed by atoms with Crippen LogP contribution in [0.4, 0.5) is 0 Å². The quantitative estimate of drug-likeness (QED) is 0.651. The van der Waals surface area contributed by atoms with Crippen molar-refractivity contribution in [1.29, 1.82) is 0 Å². The van der Waals surface area contributed by atoms with Gasteiger partial charge < -0.3 is 5.11 Å². The molecule has 1 aromatic rings. The molecule has 1 rings (SSSR count). The zero-order valence-electron chi connectivity index (χ0n) is 9.51. The predicted octanol–water partition coefficient (Wildman–Crippen LogP) is 5.56. The third kappa shape index (κ3) is 4.74. The molecule has 0 aliphatic carbocycles. The highest BCUT2D eigenvalue weighted by Gasteiger charge is 2.12. The second-order valence-electron chi connectivity index (χ2n) is 3.99. The Bertz CT molecular complexity index is 294. The fourth-order valence-corrected chi connectivity index (χ4v) is 3.37. The summed E-state index contributed by atoms with van der Waals surface area (Å²) in [7, 11) is 0. The number of unbranched alkanes of at least 4 members (excludes halogenated alkanes) is 4. The van der Waals surface area contributed by atoms with Crippen LogP contribution in [-0.4, -0.2) is 5.11 Å². The smallest absolute Gasteiger partial charge is 0.107 e. The van der Waals surface area contributed by atoms with Crippen molar-refractivity contribution in [2.75, 3.05) is 0 Å². The SMILES string of the molecule is CCCCCCCC(O)c1cc(Br)c(Cl)s1. The van der Waals surface area contributed by atoms with Crippen LogP contribution in [0.1, 0.15) is 56.4 Å². The molecule has 1 heterocycles. The van der Waals surface area contributed by atoms with Crippen molar-refractivity contribution in [1.82, 2.24) is 0 Å². The highest BCUT2D eigenvalue weighted by Crippen LogP contribution is 2.36. The van der Waals surface area contributed by atoms with Crippen LogP contribution < -0.4 is 0 Å². The van der Waals surface area contributed by atoms with Gasteiger partial charge in [-0.05, 0) is 28.4 Å². The Morgan fingerprint density at radius 1 is 1.38 bits per heavy atom. The van der Waals surface area contributed by atoms with E-state index < -0.39 is 0 Å². The summed E-state index contributed by atoms with van der Waals surface area (Å²) in [5.41, 5.74) is 0. The van der Waals surface area contributed by atoms with Crippen molar-refractivity contribution in [2.45, 2.75) is 51.6 Å². The van der Waals surface area contributed by atoms with Crippen molar-refractivity contribution in [2.24, 2.45) is 0 Å². The van der Waals surface area contributed by atoms with Crippen molar-refractivity contribution in [3.8, 4) is 0 Å². The molecule has 16 heavy (non-hydrogen) atoms. The zero-order chi connectivity index (χ0) is 12.0. The lowest BCUT2D eigenvalue weighted by Gasteiger charge is -2.07. The van der Waals surface area contributed by atoms with Crippen molar-refractivity contribution < 1.29 is 5.11 Å². The van der Waals surface area contributed by atoms with Crippen LogP contribution in [0.2, 0.25) is 4.34 Å². The molecule has 0 spiro atoms. The summed E-state index contributed by atoms with van der Waals surface area (Å²) >= 11 is 10.7. The Morgan fingerprint density at radius 3 is 2.62 bits per heavy atom. The highest BCUT2D eigenvalue weighted by molar-refractivity contribution is 9.10. The van der Waals surface area contributed by atoms with Crippen LogP contribution in [0.25, 0.3) is 0 Å². The molecule has 4 heteroatoms. The molecule has 0 saturated heterocycles. The van der Waals surface area contributed by atoms with Gasteiger partial charge in [-0.3, -0.25) is 0 Å². The molecule has 0 aliphatic heterocycles. The minimum absolute atomic E-state index is 0.351. The van der Waals surface area contributed by atoms with Crippen molar-refractivity contribution in [3.63, 3.8) is 0 Å². The Balaban J connectivity index is 2.27. The summed E-state index contributed by atoms with van der Waals surface area (Å²) in [5.74, 6) is 0. The standard InChI is InChI=1S/C12H18BrClOS/c1-2-3-4-5-6-7-10(15)11-8-9(13)12(14)16-11/h8,10,15H,2-7H2,1H3. The first-order valence-corrected chi connectivity index (χ1v) is 7.76.